The standard InChI is InChI=1S/C27H24N4OS2/c1-17(34-26-22(15-28)14-20-9-3-2-4-10-23(20)29-26)25(32)31-27-30-24(16-33-27)21-12-11-18-7-5-6-8-19(18)13-21/h5-8,11-14,16-17H,2-4,9-10H2,1H3,(H,30,31,32). The number of aromatic nitrogens is 2. The lowest BCUT2D eigenvalue weighted by atomic mass is 10.1. The Hall–Kier alpha value is -3.21. The number of amides is 1. The number of hydrogen-bond donors (Lipinski definition) is 1. The number of fused-ring (bicyclic) bond motifs is 2. The molecule has 0 spiro atoms. The van der Waals surface area contributed by atoms with Gasteiger partial charge in [0.15, 0.2) is 5.13 Å². The first-order valence-corrected chi connectivity index (χ1v) is 13.2. The highest BCUT2D eigenvalue weighted by Crippen LogP contribution is 2.31. The van der Waals surface area contributed by atoms with Crippen LogP contribution in [0.25, 0.3) is 22.0 Å². The largest absolute Gasteiger partial charge is 0.301 e. The number of carbonyl (C=O) groups excluding carboxylic acids is 1. The van der Waals surface area contributed by atoms with Crippen LogP contribution in [-0.2, 0) is 17.6 Å². The van der Waals surface area contributed by atoms with Gasteiger partial charge in [0, 0.05) is 16.6 Å². The van der Waals surface area contributed by atoms with Gasteiger partial charge in [0.25, 0.3) is 0 Å². The molecule has 1 aliphatic rings. The number of hydrogen-bond acceptors (Lipinski definition) is 6. The summed E-state index contributed by atoms with van der Waals surface area (Å²) in [6.45, 7) is 1.84. The maximum atomic E-state index is 12.9. The number of nitriles is 1. The number of carbonyl (C=O) groups is 1. The Morgan fingerprint density at radius 2 is 1.91 bits per heavy atom. The highest BCUT2D eigenvalue weighted by Gasteiger charge is 2.21. The summed E-state index contributed by atoms with van der Waals surface area (Å²) < 4.78 is 0. The topological polar surface area (TPSA) is 78.7 Å². The molecule has 1 amide bonds. The first-order valence-electron chi connectivity index (χ1n) is 11.5. The van der Waals surface area contributed by atoms with Crippen LogP contribution in [0.2, 0.25) is 0 Å². The Labute approximate surface area is 207 Å². The van der Waals surface area contributed by atoms with Crippen molar-refractivity contribution in [1.82, 2.24) is 9.97 Å². The third-order valence-electron chi connectivity index (χ3n) is 6.07. The van der Waals surface area contributed by atoms with E-state index in [0.717, 1.165) is 48.0 Å². The molecule has 2 aromatic heterocycles. The van der Waals surface area contributed by atoms with Crippen LogP contribution in [0.3, 0.4) is 0 Å². The van der Waals surface area contributed by atoms with Gasteiger partial charge >= 0.3 is 0 Å². The van der Waals surface area contributed by atoms with E-state index < -0.39 is 5.25 Å². The molecule has 0 fully saturated rings. The first kappa shape index (κ1) is 22.6. The van der Waals surface area contributed by atoms with Gasteiger partial charge < -0.3 is 5.32 Å². The van der Waals surface area contributed by atoms with E-state index in [9.17, 15) is 10.1 Å². The van der Waals surface area contributed by atoms with E-state index >= 15 is 0 Å². The second-order valence-corrected chi connectivity index (χ2v) is 10.7. The van der Waals surface area contributed by atoms with Crippen LogP contribution in [0.15, 0.2) is 58.9 Å². The number of aryl methyl sites for hydroxylation is 2. The quantitative estimate of drug-likeness (QED) is 0.254. The number of thioether (sulfide) groups is 1. The number of anilines is 1. The predicted molar refractivity (Wildman–Crippen MR) is 139 cm³/mol. The van der Waals surface area contributed by atoms with Crippen molar-refractivity contribution in [2.24, 2.45) is 0 Å². The molecule has 1 atom stereocenters. The molecule has 2 aromatic carbocycles. The minimum Gasteiger partial charge on any atom is -0.301 e. The highest BCUT2D eigenvalue weighted by molar-refractivity contribution is 8.00. The predicted octanol–water partition coefficient (Wildman–Crippen LogP) is 6.62. The zero-order valence-corrected chi connectivity index (χ0v) is 20.5. The lowest BCUT2D eigenvalue weighted by molar-refractivity contribution is -0.115. The smallest absolute Gasteiger partial charge is 0.239 e. The fourth-order valence-corrected chi connectivity index (χ4v) is 5.82. The molecule has 2 heterocycles. The number of nitrogens with zero attached hydrogens (tertiary/aromatic N) is 3. The van der Waals surface area contributed by atoms with Crippen LogP contribution in [0, 0.1) is 11.3 Å². The van der Waals surface area contributed by atoms with Crippen molar-refractivity contribution in [2.75, 3.05) is 5.32 Å². The molecule has 0 bridgehead atoms. The van der Waals surface area contributed by atoms with E-state index in [4.69, 9.17) is 4.98 Å². The molecule has 4 aromatic rings. The molecule has 34 heavy (non-hydrogen) atoms. The van der Waals surface area contributed by atoms with Crippen LogP contribution in [-0.4, -0.2) is 21.1 Å². The van der Waals surface area contributed by atoms with Gasteiger partial charge in [-0.05, 0) is 61.1 Å². The summed E-state index contributed by atoms with van der Waals surface area (Å²) in [5, 5.41) is 17.7. The van der Waals surface area contributed by atoms with Crippen LogP contribution < -0.4 is 5.32 Å². The molecular formula is C27H24N4OS2. The monoisotopic (exact) mass is 484 g/mol. The first-order chi connectivity index (χ1) is 16.6. The van der Waals surface area contributed by atoms with E-state index in [1.54, 1.807) is 0 Å². The van der Waals surface area contributed by atoms with Crippen molar-refractivity contribution in [3.8, 4) is 17.3 Å². The Balaban J connectivity index is 1.29. The maximum absolute atomic E-state index is 12.9. The molecule has 1 aliphatic carbocycles. The molecule has 5 rings (SSSR count). The second-order valence-electron chi connectivity index (χ2n) is 8.47. The number of nitrogens with one attached hydrogen (secondary N) is 1. The Morgan fingerprint density at radius 1 is 1.09 bits per heavy atom. The summed E-state index contributed by atoms with van der Waals surface area (Å²) in [5.74, 6) is -0.148. The van der Waals surface area contributed by atoms with Gasteiger partial charge in [0.05, 0.1) is 16.5 Å². The summed E-state index contributed by atoms with van der Waals surface area (Å²) in [5.41, 5.74) is 4.67. The van der Waals surface area contributed by atoms with Crippen LogP contribution in [0.1, 0.15) is 43.0 Å². The summed E-state index contributed by atoms with van der Waals surface area (Å²) >= 11 is 2.75. The molecule has 0 saturated heterocycles. The summed E-state index contributed by atoms with van der Waals surface area (Å²) in [6.07, 6.45) is 5.36. The fraction of sp³-hybridized carbons (Fsp3) is 0.259. The molecule has 7 heteroatoms. The summed E-state index contributed by atoms with van der Waals surface area (Å²) in [7, 11) is 0. The highest BCUT2D eigenvalue weighted by atomic mass is 32.2. The fourth-order valence-electron chi connectivity index (χ4n) is 4.20. The Bertz CT molecular complexity index is 1410. The molecular weight excluding hydrogens is 460 g/mol. The Kier molecular flexibility index (Phi) is 6.61. The van der Waals surface area contributed by atoms with Crippen LogP contribution in [0.4, 0.5) is 5.13 Å². The molecule has 0 radical (unpaired) electrons. The van der Waals surface area contributed by atoms with Gasteiger partial charge in [-0.3, -0.25) is 4.79 Å². The van der Waals surface area contributed by atoms with Crippen molar-refractivity contribution >= 4 is 44.9 Å². The molecule has 1 N–H and O–H groups in total. The summed E-state index contributed by atoms with van der Waals surface area (Å²) in [6, 6.07) is 18.7. The lowest BCUT2D eigenvalue weighted by Crippen LogP contribution is -2.22. The molecule has 0 aliphatic heterocycles. The number of rotatable bonds is 5. The lowest BCUT2D eigenvalue weighted by Gasteiger charge is -2.13. The van der Waals surface area contributed by atoms with Crippen molar-refractivity contribution < 1.29 is 4.79 Å². The number of thiazole rings is 1. The number of pyridine rings is 1. The van der Waals surface area contributed by atoms with E-state index in [2.05, 4.69) is 46.7 Å². The van der Waals surface area contributed by atoms with E-state index in [1.807, 2.05) is 30.5 Å². The van der Waals surface area contributed by atoms with Gasteiger partial charge in [-0.1, -0.05) is 54.6 Å². The van der Waals surface area contributed by atoms with Crippen molar-refractivity contribution in [2.45, 2.75) is 49.3 Å². The summed E-state index contributed by atoms with van der Waals surface area (Å²) in [4.78, 5) is 22.3. The SMILES string of the molecule is CC(Sc1nc2c(cc1C#N)CCCCC2)C(=O)Nc1nc(-c2ccc3ccccc3c2)cs1. The van der Waals surface area contributed by atoms with E-state index in [0.29, 0.717) is 15.7 Å². The molecule has 170 valence electrons. The third kappa shape index (κ3) is 4.84. The zero-order chi connectivity index (χ0) is 23.5. The third-order valence-corrected chi connectivity index (χ3v) is 7.93. The van der Waals surface area contributed by atoms with E-state index in [-0.39, 0.29) is 5.91 Å². The van der Waals surface area contributed by atoms with Gasteiger partial charge in [0.2, 0.25) is 5.91 Å². The number of benzene rings is 2. The average molecular weight is 485 g/mol. The van der Waals surface area contributed by atoms with Gasteiger partial charge in [-0.2, -0.15) is 5.26 Å². The molecule has 1 unspecified atom stereocenters. The second kappa shape index (κ2) is 9.96. The minimum atomic E-state index is -0.406. The van der Waals surface area contributed by atoms with Crippen molar-refractivity contribution in [3.05, 3.63) is 70.7 Å². The average Bonchev–Trinajstić information content (AvgIpc) is 3.20. The normalized spacial score (nSPS) is 14.1. The van der Waals surface area contributed by atoms with E-state index in [1.165, 1.54) is 40.5 Å². The molecule has 5 nitrogen and oxygen atoms in total. The molecule has 0 saturated carbocycles. The maximum Gasteiger partial charge on any atom is 0.239 e. The van der Waals surface area contributed by atoms with Gasteiger partial charge in [-0.15, -0.1) is 11.3 Å². The van der Waals surface area contributed by atoms with Crippen molar-refractivity contribution in [1.29, 1.82) is 5.26 Å². The van der Waals surface area contributed by atoms with Crippen LogP contribution in [0.5, 0.6) is 0 Å². The van der Waals surface area contributed by atoms with Gasteiger partial charge in [-0.25, -0.2) is 9.97 Å². The Morgan fingerprint density at radius 3 is 2.76 bits per heavy atom. The zero-order valence-electron chi connectivity index (χ0n) is 18.9. The van der Waals surface area contributed by atoms with Crippen LogP contribution >= 0.6 is 23.1 Å². The van der Waals surface area contributed by atoms with Gasteiger partial charge in [0.1, 0.15) is 11.1 Å². The van der Waals surface area contributed by atoms with Crippen molar-refractivity contribution in [3.63, 3.8) is 0 Å². The minimum absolute atomic E-state index is 0.148.